The molecule has 6 heteroatoms. The highest BCUT2D eigenvalue weighted by Crippen LogP contribution is 2.32. The fourth-order valence-electron chi connectivity index (χ4n) is 4.10. The van der Waals surface area contributed by atoms with Crippen molar-refractivity contribution < 1.29 is 14.6 Å². The Kier molecular flexibility index (Phi) is 6.52. The summed E-state index contributed by atoms with van der Waals surface area (Å²) in [5, 5.41) is 10.5. The number of aliphatic carboxylic acids is 1. The van der Waals surface area contributed by atoms with Crippen LogP contribution < -0.4 is 10.3 Å². The van der Waals surface area contributed by atoms with Crippen molar-refractivity contribution in [1.82, 2.24) is 4.57 Å². The molecule has 4 aromatic rings. The van der Waals surface area contributed by atoms with Gasteiger partial charge in [-0.05, 0) is 60.4 Å². The number of pyridine rings is 1. The number of carbonyl (C=O) groups is 1. The number of aromatic nitrogens is 1. The molecule has 1 heterocycles. The lowest BCUT2D eigenvalue weighted by atomic mass is 9.96. The second kappa shape index (κ2) is 9.51. The van der Waals surface area contributed by atoms with E-state index in [1.807, 2.05) is 68.4 Å². The van der Waals surface area contributed by atoms with Crippen molar-refractivity contribution in [1.29, 1.82) is 0 Å². The zero-order valence-corrected chi connectivity index (χ0v) is 19.2. The van der Waals surface area contributed by atoms with Gasteiger partial charge < -0.3 is 14.4 Å². The molecule has 0 saturated carbocycles. The van der Waals surface area contributed by atoms with Gasteiger partial charge in [-0.25, -0.2) is 4.79 Å². The number of hydrogen-bond acceptors (Lipinski definition) is 3. The van der Waals surface area contributed by atoms with E-state index in [0.29, 0.717) is 29.3 Å². The Bertz CT molecular complexity index is 1380. The van der Waals surface area contributed by atoms with Gasteiger partial charge in [0.25, 0.3) is 5.56 Å². The lowest BCUT2D eigenvalue weighted by Crippen LogP contribution is -2.27. The minimum Gasteiger partial charge on any atom is -0.481 e. The second-order valence-corrected chi connectivity index (χ2v) is 8.56. The highest BCUT2D eigenvalue weighted by atomic mass is 35.5. The van der Waals surface area contributed by atoms with Crippen molar-refractivity contribution in [2.24, 2.45) is 0 Å². The topological polar surface area (TPSA) is 68.5 Å². The highest BCUT2D eigenvalue weighted by molar-refractivity contribution is 6.30. The van der Waals surface area contributed by atoms with Crippen molar-refractivity contribution in [2.75, 3.05) is 6.61 Å². The molecule has 0 atom stereocenters. The minimum atomic E-state index is -1.05. The van der Waals surface area contributed by atoms with Crippen LogP contribution in [0.4, 0.5) is 0 Å². The maximum absolute atomic E-state index is 13.8. The van der Waals surface area contributed by atoms with E-state index in [1.165, 1.54) is 0 Å². The predicted octanol–water partition coefficient (Wildman–Crippen LogP) is 5.37. The number of carboxylic acids is 1. The molecule has 4 rings (SSSR count). The summed E-state index contributed by atoms with van der Waals surface area (Å²) in [5.74, 6) is -0.592. The Balaban J connectivity index is 1.96. The maximum Gasteiger partial charge on any atom is 0.341 e. The highest BCUT2D eigenvalue weighted by Gasteiger charge is 2.19. The fraction of sp³-hybridized carbons (Fsp3) is 0.185. The molecule has 1 aromatic heterocycles. The summed E-state index contributed by atoms with van der Waals surface area (Å²) in [7, 11) is 0. The standard InChI is InChI=1S/C27H24ClNO4/c1-17-12-23-26(24(13-17)33-16-25(30)31)18(2)22(14-19-8-10-21(28)11-9-19)27(32)29(23)15-20-6-4-3-5-7-20/h3-13H,14-16H2,1-2H3,(H,30,31). The quantitative estimate of drug-likeness (QED) is 0.401. The Morgan fingerprint density at radius 2 is 1.70 bits per heavy atom. The Hall–Kier alpha value is -3.57. The zero-order valence-electron chi connectivity index (χ0n) is 18.5. The average molecular weight is 462 g/mol. The smallest absolute Gasteiger partial charge is 0.341 e. The van der Waals surface area contributed by atoms with Crippen molar-refractivity contribution >= 4 is 28.5 Å². The third-order valence-electron chi connectivity index (χ3n) is 5.68. The Morgan fingerprint density at radius 1 is 1.00 bits per heavy atom. The number of rotatable bonds is 7. The third kappa shape index (κ3) is 4.94. The third-order valence-corrected chi connectivity index (χ3v) is 5.93. The van der Waals surface area contributed by atoms with E-state index in [2.05, 4.69) is 0 Å². The fourth-order valence-corrected chi connectivity index (χ4v) is 4.22. The molecule has 0 unspecified atom stereocenters. The van der Waals surface area contributed by atoms with Gasteiger partial charge in [-0.15, -0.1) is 0 Å². The molecule has 0 fully saturated rings. The molecule has 1 N–H and O–H groups in total. The molecular weight excluding hydrogens is 438 g/mol. The number of aryl methyl sites for hydroxylation is 2. The molecule has 3 aromatic carbocycles. The normalized spacial score (nSPS) is 11.0. The van der Waals surface area contributed by atoms with Gasteiger partial charge in [0.2, 0.25) is 0 Å². The summed E-state index contributed by atoms with van der Waals surface area (Å²) in [6.07, 6.45) is 0.429. The minimum absolute atomic E-state index is 0.0754. The molecule has 0 amide bonds. The Labute approximate surface area is 196 Å². The first-order valence-corrected chi connectivity index (χ1v) is 11.0. The monoisotopic (exact) mass is 461 g/mol. The molecule has 0 aliphatic heterocycles. The van der Waals surface area contributed by atoms with Crippen LogP contribution in [0.15, 0.2) is 71.5 Å². The van der Waals surface area contributed by atoms with Gasteiger partial charge in [-0.2, -0.15) is 0 Å². The first kappa shape index (κ1) is 22.6. The van der Waals surface area contributed by atoms with Crippen LogP contribution >= 0.6 is 11.6 Å². The summed E-state index contributed by atoms with van der Waals surface area (Å²) in [5.41, 5.74) is 4.92. The van der Waals surface area contributed by atoms with Crippen LogP contribution in [-0.2, 0) is 17.8 Å². The van der Waals surface area contributed by atoms with E-state index >= 15 is 0 Å². The van der Waals surface area contributed by atoms with E-state index < -0.39 is 12.6 Å². The molecule has 0 saturated heterocycles. The summed E-state index contributed by atoms with van der Waals surface area (Å²) in [6.45, 7) is 3.74. The van der Waals surface area contributed by atoms with Crippen LogP contribution in [0.25, 0.3) is 10.9 Å². The summed E-state index contributed by atoms with van der Waals surface area (Å²) in [4.78, 5) is 25.0. The summed E-state index contributed by atoms with van der Waals surface area (Å²) in [6, 6.07) is 21.0. The van der Waals surface area contributed by atoms with E-state index in [4.69, 9.17) is 21.4 Å². The molecular formula is C27H24ClNO4. The molecule has 168 valence electrons. The number of carboxylic acid groups (broad SMARTS) is 1. The van der Waals surface area contributed by atoms with Crippen molar-refractivity contribution in [3.05, 3.63) is 110 Å². The summed E-state index contributed by atoms with van der Waals surface area (Å²) >= 11 is 6.04. The van der Waals surface area contributed by atoms with Gasteiger partial charge in [0.1, 0.15) is 5.75 Å². The van der Waals surface area contributed by atoms with Crippen LogP contribution in [0.2, 0.25) is 5.02 Å². The van der Waals surface area contributed by atoms with Gasteiger partial charge in [0.15, 0.2) is 6.61 Å². The van der Waals surface area contributed by atoms with E-state index in [1.54, 1.807) is 16.7 Å². The van der Waals surface area contributed by atoms with Gasteiger partial charge in [0.05, 0.1) is 12.1 Å². The number of nitrogens with zero attached hydrogens (tertiary/aromatic N) is 1. The number of hydrogen-bond donors (Lipinski definition) is 1. The van der Waals surface area contributed by atoms with Crippen LogP contribution in [0.3, 0.4) is 0 Å². The molecule has 0 bridgehead atoms. The average Bonchev–Trinajstić information content (AvgIpc) is 2.79. The number of benzene rings is 3. The van der Waals surface area contributed by atoms with E-state index in [-0.39, 0.29) is 5.56 Å². The molecule has 33 heavy (non-hydrogen) atoms. The maximum atomic E-state index is 13.8. The predicted molar refractivity (Wildman–Crippen MR) is 131 cm³/mol. The van der Waals surface area contributed by atoms with Crippen molar-refractivity contribution in [2.45, 2.75) is 26.8 Å². The molecule has 5 nitrogen and oxygen atoms in total. The van der Waals surface area contributed by atoms with Crippen LogP contribution in [-0.4, -0.2) is 22.2 Å². The molecule has 0 aliphatic carbocycles. The SMILES string of the molecule is Cc1cc(OCC(=O)O)c2c(C)c(Cc3ccc(Cl)cc3)c(=O)n(Cc3ccccc3)c2c1. The van der Waals surface area contributed by atoms with Gasteiger partial charge in [0, 0.05) is 22.4 Å². The molecule has 0 spiro atoms. The van der Waals surface area contributed by atoms with Crippen molar-refractivity contribution in [3.63, 3.8) is 0 Å². The number of ether oxygens (including phenoxy) is 1. The Morgan fingerprint density at radius 3 is 2.36 bits per heavy atom. The molecule has 0 aliphatic rings. The second-order valence-electron chi connectivity index (χ2n) is 8.12. The van der Waals surface area contributed by atoms with Gasteiger partial charge >= 0.3 is 5.97 Å². The summed E-state index contributed by atoms with van der Waals surface area (Å²) < 4.78 is 7.43. The van der Waals surface area contributed by atoms with Gasteiger partial charge in [-0.3, -0.25) is 4.79 Å². The van der Waals surface area contributed by atoms with E-state index in [0.717, 1.165) is 33.2 Å². The lowest BCUT2D eigenvalue weighted by Gasteiger charge is -2.19. The first-order chi connectivity index (χ1) is 15.8. The van der Waals surface area contributed by atoms with Crippen molar-refractivity contribution in [3.8, 4) is 5.75 Å². The first-order valence-electron chi connectivity index (χ1n) is 10.6. The van der Waals surface area contributed by atoms with Crippen LogP contribution in [0.1, 0.15) is 27.8 Å². The zero-order chi connectivity index (χ0) is 23.5. The van der Waals surface area contributed by atoms with Crippen LogP contribution in [0.5, 0.6) is 5.75 Å². The van der Waals surface area contributed by atoms with Crippen LogP contribution in [0, 0.1) is 13.8 Å². The lowest BCUT2D eigenvalue weighted by molar-refractivity contribution is -0.139. The largest absolute Gasteiger partial charge is 0.481 e. The molecule has 0 radical (unpaired) electrons. The number of halogens is 1. The number of fused-ring (bicyclic) bond motifs is 1. The van der Waals surface area contributed by atoms with E-state index in [9.17, 15) is 9.59 Å². The van der Waals surface area contributed by atoms with Gasteiger partial charge in [-0.1, -0.05) is 54.1 Å².